The molecule has 0 amide bonds. The Bertz CT molecular complexity index is 244. The fourth-order valence-corrected chi connectivity index (χ4v) is 3.35. The van der Waals surface area contributed by atoms with Crippen LogP contribution < -0.4 is 0 Å². The Morgan fingerprint density at radius 1 is 1.19 bits per heavy atom. The van der Waals surface area contributed by atoms with Crippen LogP contribution in [0.5, 0.6) is 0 Å². The normalized spacial score (nSPS) is 42.2. The van der Waals surface area contributed by atoms with E-state index in [9.17, 15) is 0 Å². The van der Waals surface area contributed by atoms with Gasteiger partial charge in [-0.3, -0.25) is 0 Å². The average molecular weight is 226 g/mol. The van der Waals surface area contributed by atoms with E-state index in [1.165, 1.54) is 0 Å². The predicted octanol–water partition coefficient (Wildman–Crippen LogP) is 2.16. The van der Waals surface area contributed by atoms with Crippen molar-refractivity contribution in [2.45, 2.75) is 36.9 Å². The maximum Gasteiger partial charge on any atom is 0.0930 e. The SMILES string of the molecule is C=CC1C[C@@]2(COC)CC[C@@](COC)(C1)O2. The van der Waals surface area contributed by atoms with Crippen molar-refractivity contribution in [3.05, 3.63) is 12.7 Å². The van der Waals surface area contributed by atoms with Gasteiger partial charge in [0.15, 0.2) is 0 Å². The maximum atomic E-state index is 6.29. The lowest BCUT2D eigenvalue weighted by Crippen LogP contribution is -2.48. The molecule has 3 heteroatoms. The molecule has 0 aromatic carbocycles. The number of ether oxygens (including phenoxy) is 3. The van der Waals surface area contributed by atoms with E-state index >= 15 is 0 Å². The molecule has 0 N–H and O–H groups in total. The van der Waals surface area contributed by atoms with Gasteiger partial charge in [-0.05, 0) is 31.6 Å². The monoisotopic (exact) mass is 226 g/mol. The van der Waals surface area contributed by atoms with Gasteiger partial charge in [0, 0.05) is 14.2 Å². The van der Waals surface area contributed by atoms with Crippen molar-refractivity contribution in [1.82, 2.24) is 0 Å². The summed E-state index contributed by atoms with van der Waals surface area (Å²) in [5.74, 6) is 0.529. The first-order valence-electron chi connectivity index (χ1n) is 5.98. The summed E-state index contributed by atoms with van der Waals surface area (Å²) in [6.07, 6.45) is 6.29. The summed E-state index contributed by atoms with van der Waals surface area (Å²) >= 11 is 0. The zero-order valence-corrected chi connectivity index (χ0v) is 10.3. The summed E-state index contributed by atoms with van der Waals surface area (Å²) in [6, 6.07) is 0. The molecule has 3 nitrogen and oxygen atoms in total. The van der Waals surface area contributed by atoms with Crippen LogP contribution in [0.2, 0.25) is 0 Å². The molecule has 0 radical (unpaired) electrons. The standard InChI is InChI=1S/C13H22O3/c1-4-11-7-12(9-14-2)5-6-13(8-11,16-12)10-15-3/h4,11H,1,5-10H2,2-3H3/t11?,12-,13+. The van der Waals surface area contributed by atoms with Crippen LogP contribution in [-0.4, -0.2) is 38.6 Å². The second kappa shape index (κ2) is 4.47. The van der Waals surface area contributed by atoms with Gasteiger partial charge < -0.3 is 14.2 Å². The van der Waals surface area contributed by atoms with Crippen molar-refractivity contribution >= 4 is 0 Å². The van der Waals surface area contributed by atoms with Crippen LogP contribution in [0.3, 0.4) is 0 Å². The molecule has 0 aliphatic carbocycles. The smallest absolute Gasteiger partial charge is 0.0930 e. The van der Waals surface area contributed by atoms with Crippen LogP contribution in [0.15, 0.2) is 12.7 Å². The first-order valence-corrected chi connectivity index (χ1v) is 5.98. The van der Waals surface area contributed by atoms with E-state index in [0.717, 1.165) is 25.7 Å². The molecule has 16 heavy (non-hydrogen) atoms. The van der Waals surface area contributed by atoms with Gasteiger partial charge in [-0.1, -0.05) is 6.08 Å². The molecule has 0 aromatic rings. The van der Waals surface area contributed by atoms with Gasteiger partial charge in [0.2, 0.25) is 0 Å². The molecule has 2 aliphatic rings. The summed E-state index contributed by atoms with van der Waals surface area (Å²) in [7, 11) is 3.48. The van der Waals surface area contributed by atoms with E-state index in [4.69, 9.17) is 14.2 Å². The Balaban J connectivity index is 2.16. The van der Waals surface area contributed by atoms with Crippen LogP contribution >= 0.6 is 0 Å². The lowest BCUT2D eigenvalue weighted by Gasteiger charge is -2.42. The second-order valence-electron chi connectivity index (χ2n) is 5.24. The van der Waals surface area contributed by atoms with Gasteiger partial charge in [-0.25, -0.2) is 0 Å². The van der Waals surface area contributed by atoms with Gasteiger partial charge in [-0.15, -0.1) is 6.58 Å². The highest BCUT2D eigenvalue weighted by atomic mass is 16.6. The molecular weight excluding hydrogens is 204 g/mol. The maximum absolute atomic E-state index is 6.29. The van der Waals surface area contributed by atoms with E-state index in [0.29, 0.717) is 19.1 Å². The van der Waals surface area contributed by atoms with Gasteiger partial charge >= 0.3 is 0 Å². The second-order valence-corrected chi connectivity index (χ2v) is 5.24. The van der Waals surface area contributed by atoms with Crippen molar-refractivity contribution in [2.75, 3.05) is 27.4 Å². The molecule has 2 rings (SSSR count). The molecule has 2 aliphatic heterocycles. The van der Waals surface area contributed by atoms with E-state index in [2.05, 4.69) is 12.7 Å². The zero-order chi connectivity index (χ0) is 11.6. The number of hydrogen-bond donors (Lipinski definition) is 0. The Morgan fingerprint density at radius 3 is 2.06 bits per heavy atom. The minimum atomic E-state index is -0.0929. The molecule has 0 saturated carbocycles. The van der Waals surface area contributed by atoms with E-state index < -0.39 is 0 Å². The van der Waals surface area contributed by atoms with Crippen LogP contribution in [0.1, 0.15) is 25.7 Å². The molecule has 2 saturated heterocycles. The molecule has 2 bridgehead atoms. The molecular formula is C13H22O3. The molecule has 2 fully saturated rings. The minimum absolute atomic E-state index is 0.0929. The molecule has 0 spiro atoms. The summed E-state index contributed by atoms with van der Waals surface area (Å²) in [6.45, 7) is 5.29. The fourth-order valence-electron chi connectivity index (χ4n) is 3.35. The van der Waals surface area contributed by atoms with Gasteiger partial charge in [0.05, 0.1) is 24.4 Å². The third kappa shape index (κ3) is 2.04. The Morgan fingerprint density at radius 2 is 1.69 bits per heavy atom. The van der Waals surface area contributed by atoms with Crippen LogP contribution in [0.25, 0.3) is 0 Å². The van der Waals surface area contributed by atoms with Crippen LogP contribution in [-0.2, 0) is 14.2 Å². The Labute approximate surface area is 97.8 Å². The topological polar surface area (TPSA) is 27.7 Å². The largest absolute Gasteiger partial charge is 0.382 e. The minimum Gasteiger partial charge on any atom is -0.382 e. The number of fused-ring (bicyclic) bond motifs is 2. The molecule has 1 unspecified atom stereocenters. The van der Waals surface area contributed by atoms with Crippen molar-refractivity contribution in [3.63, 3.8) is 0 Å². The number of rotatable bonds is 5. The number of allylic oxidation sites excluding steroid dienone is 1. The highest BCUT2D eigenvalue weighted by molar-refractivity contribution is 5.07. The number of methoxy groups -OCH3 is 2. The van der Waals surface area contributed by atoms with E-state index in [1.54, 1.807) is 14.2 Å². The summed E-state index contributed by atoms with van der Waals surface area (Å²) < 4.78 is 16.9. The Hall–Kier alpha value is -0.380. The summed E-state index contributed by atoms with van der Waals surface area (Å²) in [5.41, 5.74) is -0.186. The molecule has 3 atom stereocenters. The van der Waals surface area contributed by atoms with Gasteiger partial charge in [0.25, 0.3) is 0 Å². The summed E-state index contributed by atoms with van der Waals surface area (Å²) in [5, 5.41) is 0. The van der Waals surface area contributed by atoms with Gasteiger partial charge in [-0.2, -0.15) is 0 Å². The third-order valence-corrected chi connectivity index (χ3v) is 3.89. The highest BCUT2D eigenvalue weighted by Crippen LogP contribution is 2.50. The van der Waals surface area contributed by atoms with Gasteiger partial charge in [0.1, 0.15) is 0 Å². The fraction of sp³-hybridized carbons (Fsp3) is 0.846. The Kier molecular flexibility index (Phi) is 3.38. The first kappa shape index (κ1) is 12.1. The predicted molar refractivity (Wildman–Crippen MR) is 62.5 cm³/mol. The number of hydrogen-bond acceptors (Lipinski definition) is 3. The van der Waals surface area contributed by atoms with E-state index in [1.807, 2.05) is 0 Å². The van der Waals surface area contributed by atoms with Crippen molar-refractivity contribution in [1.29, 1.82) is 0 Å². The average Bonchev–Trinajstić information content (AvgIpc) is 2.52. The van der Waals surface area contributed by atoms with Crippen LogP contribution in [0, 0.1) is 5.92 Å². The summed E-state index contributed by atoms with van der Waals surface area (Å²) in [4.78, 5) is 0. The lowest BCUT2D eigenvalue weighted by molar-refractivity contribution is -0.187. The zero-order valence-electron chi connectivity index (χ0n) is 10.3. The third-order valence-electron chi connectivity index (χ3n) is 3.89. The van der Waals surface area contributed by atoms with Crippen molar-refractivity contribution in [3.8, 4) is 0 Å². The lowest BCUT2D eigenvalue weighted by atomic mass is 9.84. The van der Waals surface area contributed by atoms with Crippen LogP contribution in [0.4, 0.5) is 0 Å². The van der Waals surface area contributed by atoms with E-state index in [-0.39, 0.29) is 11.2 Å². The van der Waals surface area contributed by atoms with Crippen molar-refractivity contribution < 1.29 is 14.2 Å². The first-order chi connectivity index (χ1) is 7.67. The highest BCUT2D eigenvalue weighted by Gasteiger charge is 2.54. The van der Waals surface area contributed by atoms with Crippen molar-refractivity contribution in [2.24, 2.45) is 5.92 Å². The molecule has 2 heterocycles. The molecule has 92 valence electrons. The molecule has 0 aromatic heterocycles. The quantitative estimate of drug-likeness (QED) is 0.672.